The van der Waals surface area contributed by atoms with Gasteiger partial charge in [0.2, 0.25) is 0 Å². The maximum atomic E-state index is 12.1. The van der Waals surface area contributed by atoms with Crippen LogP contribution in [0, 0.1) is 11.8 Å². The van der Waals surface area contributed by atoms with E-state index in [1.54, 1.807) is 0 Å². The second kappa shape index (κ2) is 4.72. The van der Waals surface area contributed by atoms with E-state index >= 15 is 0 Å². The van der Waals surface area contributed by atoms with Gasteiger partial charge < -0.3 is 9.47 Å². The van der Waals surface area contributed by atoms with Crippen molar-refractivity contribution >= 4 is 11.9 Å². The van der Waals surface area contributed by atoms with Crippen LogP contribution in [0.15, 0.2) is 42.0 Å². The van der Waals surface area contributed by atoms with E-state index in [-0.39, 0.29) is 11.8 Å². The van der Waals surface area contributed by atoms with Crippen LogP contribution in [-0.2, 0) is 19.1 Å². The van der Waals surface area contributed by atoms with Gasteiger partial charge in [0.15, 0.2) is 5.92 Å². The van der Waals surface area contributed by atoms with Crippen molar-refractivity contribution in [2.75, 3.05) is 7.11 Å². The third-order valence-corrected chi connectivity index (χ3v) is 4.57. The van der Waals surface area contributed by atoms with Crippen LogP contribution in [0.4, 0.5) is 0 Å². The van der Waals surface area contributed by atoms with Gasteiger partial charge in [-0.15, -0.1) is 0 Å². The summed E-state index contributed by atoms with van der Waals surface area (Å²) < 4.78 is 10.3. The fourth-order valence-electron chi connectivity index (χ4n) is 3.80. The summed E-state index contributed by atoms with van der Waals surface area (Å²) in [5.74, 6) is -2.12. The van der Waals surface area contributed by atoms with E-state index in [0.29, 0.717) is 0 Å². The highest BCUT2D eigenvalue weighted by atomic mass is 16.6. The lowest BCUT2D eigenvalue weighted by atomic mass is 9.74. The minimum atomic E-state index is -0.862. The Hall–Kier alpha value is -2.10. The number of carbonyl (C=O) groups excluding carboxylic acids is 2. The Labute approximate surface area is 123 Å². The highest BCUT2D eigenvalue weighted by Gasteiger charge is 2.61. The van der Waals surface area contributed by atoms with E-state index in [4.69, 9.17) is 9.47 Å². The molecule has 1 aliphatic carbocycles. The first kappa shape index (κ1) is 13.9. The van der Waals surface area contributed by atoms with Gasteiger partial charge in [0.05, 0.1) is 7.11 Å². The van der Waals surface area contributed by atoms with Crippen molar-refractivity contribution in [3.63, 3.8) is 0 Å². The topological polar surface area (TPSA) is 52.6 Å². The molecular formula is C17H18O4. The lowest BCUT2D eigenvalue weighted by Crippen LogP contribution is -2.35. The van der Waals surface area contributed by atoms with Crippen LogP contribution in [-0.4, -0.2) is 24.6 Å². The molecule has 4 atom stereocenters. The molecule has 0 amide bonds. The molecule has 0 N–H and O–H groups in total. The molecule has 2 aliphatic rings. The van der Waals surface area contributed by atoms with Gasteiger partial charge in [-0.3, -0.25) is 9.59 Å². The van der Waals surface area contributed by atoms with E-state index < -0.39 is 23.5 Å². The molecule has 110 valence electrons. The molecule has 1 saturated heterocycles. The number of carbonyl (C=O) groups is 2. The first-order chi connectivity index (χ1) is 9.98. The van der Waals surface area contributed by atoms with Crippen LogP contribution in [0.3, 0.4) is 0 Å². The molecule has 0 aromatic heterocycles. The van der Waals surface area contributed by atoms with Crippen LogP contribution in [0.2, 0.25) is 0 Å². The molecule has 3 rings (SSSR count). The first-order valence-electron chi connectivity index (χ1n) is 7.03. The zero-order chi connectivity index (χ0) is 15.2. The summed E-state index contributed by atoms with van der Waals surface area (Å²) in [6, 6.07) is 9.91. The van der Waals surface area contributed by atoms with Gasteiger partial charge in [-0.25, -0.2) is 0 Å². The Morgan fingerprint density at radius 1 is 1.29 bits per heavy atom. The fourth-order valence-corrected chi connectivity index (χ4v) is 3.80. The second-order valence-electron chi connectivity index (χ2n) is 5.91. The Kier molecular flexibility index (Phi) is 3.12. The minimum Gasteiger partial charge on any atom is -0.468 e. The normalized spacial score (nSPS) is 34.1. The molecule has 21 heavy (non-hydrogen) atoms. The summed E-state index contributed by atoms with van der Waals surface area (Å²) in [5, 5.41) is 0. The predicted molar refractivity (Wildman–Crippen MR) is 76.4 cm³/mol. The van der Waals surface area contributed by atoms with Crippen LogP contribution in [0.5, 0.6) is 0 Å². The molecule has 4 nitrogen and oxygen atoms in total. The summed E-state index contributed by atoms with van der Waals surface area (Å²) in [4.78, 5) is 24.2. The molecule has 0 radical (unpaired) electrons. The number of hydrogen-bond donors (Lipinski definition) is 0. The fraction of sp³-hybridized carbons (Fsp3) is 0.412. The highest BCUT2D eigenvalue weighted by Crippen LogP contribution is 2.54. The van der Waals surface area contributed by atoms with Crippen molar-refractivity contribution in [1.82, 2.24) is 0 Å². The number of fused-ring (bicyclic) bond motifs is 1. The molecular weight excluding hydrogens is 268 g/mol. The average Bonchev–Trinajstić information content (AvgIpc) is 2.84. The van der Waals surface area contributed by atoms with Gasteiger partial charge in [-0.1, -0.05) is 35.9 Å². The van der Waals surface area contributed by atoms with Crippen LogP contribution >= 0.6 is 0 Å². The summed E-state index contributed by atoms with van der Waals surface area (Å²) in [6.07, 6.45) is 1.97. The quantitative estimate of drug-likeness (QED) is 0.476. The van der Waals surface area contributed by atoms with Crippen molar-refractivity contribution in [3.8, 4) is 0 Å². The van der Waals surface area contributed by atoms with Crippen molar-refractivity contribution < 1.29 is 19.1 Å². The maximum Gasteiger partial charge on any atom is 0.321 e. The summed E-state index contributed by atoms with van der Waals surface area (Å²) in [6.45, 7) is 3.88. The number of rotatable bonds is 2. The van der Waals surface area contributed by atoms with E-state index in [9.17, 15) is 9.59 Å². The predicted octanol–water partition coefficient (Wildman–Crippen LogP) is 2.45. The van der Waals surface area contributed by atoms with Gasteiger partial charge in [0, 0.05) is 11.8 Å². The summed E-state index contributed by atoms with van der Waals surface area (Å²) >= 11 is 0. The van der Waals surface area contributed by atoms with Crippen molar-refractivity contribution in [2.24, 2.45) is 11.8 Å². The lowest BCUT2D eigenvalue weighted by molar-refractivity contribution is -0.156. The number of allylic oxidation sites excluding steroid dienone is 1. The smallest absolute Gasteiger partial charge is 0.321 e. The zero-order valence-corrected chi connectivity index (χ0v) is 12.3. The molecule has 0 spiro atoms. The van der Waals surface area contributed by atoms with Gasteiger partial charge in [0.1, 0.15) is 5.60 Å². The summed E-state index contributed by atoms with van der Waals surface area (Å²) in [5.41, 5.74) is 1.47. The Morgan fingerprint density at radius 3 is 2.57 bits per heavy atom. The number of hydrogen-bond acceptors (Lipinski definition) is 4. The molecule has 1 aromatic carbocycles. The Balaban J connectivity index is 2.08. The van der Waals surface area contributed by atoms with Gasteiger partial charge in [0.25, 0.3) is 0 Å². The van der Waals surface area contributed by atoms with E-state index in [0.717, 1.165) is 11.1 Å². The highest BCUT2D eigenvalue weighted by molar-refractivity contribution is 5.98. The van der Waals surface area contributed by atoms with Gasteiger partial charge in [-0.05, 0) is 25.5 Å². The largest absolute Gasteiger partial charge is 0.468 e. The van der Waals surface area contributed by atoms with Crippen molar-refractivity contribution in [1.29, 1.82) is 0 Å². The SMILES string of the molecule is COC(=O)[C@@H]1C(=O)O[C@@]2(C)C=C(C)[C@H](c3ccccc3)[C@@H]12. The van der Waals surface area contributed by atoms with Crippen molar-refractivity contribution in [2.45, 2.75) is 25.4 Å². The standard InChI is InChI=1S/C17H18O4/c1-10-9-17(2)14(12(10)11-7-5-4-6-8-11)13(15(18)20-3)16(19)21-17/h4-9,12-14H,1-3H3/t12-,13-,14+,17+/m1/s1. The molecule has 0 bridgehead atoms. The van der Waals surface area contributed by atoms with E-state index in [1.807, 2.05) is 50.3 Å². The van der Waals surface area contributed by atoms with Gasteiger partial charge >= 0.3 is 11.9 Å². The Morgan fingerprint density at radius 2 is 1.95 bits per heavy atom. The van der Waals surface area contributed by atoms with Gasteiger partial charge in [-0.2, -0.15) is 0 Å². The lowest BCUT2D eigenvalue weighted by Gasteiger charge is -2.27. The Bertz CT molecular complexity index is 619. The number of esters is 2. The third kappa shape index (κ3) is 1.97. The first-order valence-corrected chi connectivity index (χ1v) is 7.03. The van der Waals surface area contributed by atoms with Crippen LogP contribution in [0.25, 0.3) is 0 Å². The maximum absolute atomic E-state index is 12.1. The molecule has 1 heterocycles. The minimum absolute atomic E-state index is 0.00764. The number of ether oxygens (including phenoxy) is 2. The second-order valence-corrected chi connectivity index (χ2v) is 5.91. The van der Waals surface area contributed by atoms with E-state index in [2.05, 4.69) is 0 Å². The number of methoxy groups -OCH3 is 1. The van der Waals surface area contributed by atoms with Crippen LogP contribution < -0.4 is 0 Å². The molecule has 4 heteroatoms. The average molecular weight is 286 g/mol. The monoisotopic (exact) mass is 286 g/mol. The molecule has 0 saturated carbocycles. The number of benzene rings is 1. The molecule has 1 fully saturated rings. The zero-order valence-electron chi connectivity index (χ0n) is 12.3. The van der Waals surface area contributed by atoms with Crippen LogP contribution in [0.1, 0.15) is 25.3 Å². The van der Waals surface area contributed by atoms with E-state index in [1.165, 1.54) is 7.11 Å². The van der Waals surface area contributed by atoms with Crippen molar-refractivity contribution in [3.05, 3.63) is 47.5 Å². The molecule has 1 aliphatic heterocycles. The summed E-state index contributed by atoms with van der Waals surface area (Å²) in [7, 11) is 1.30. The molecule has 1 aromatic rings. The molecule has 0 unspecified atom stereocenters. The third-order valence-electron chi connectivity index (χ3n) is 4.57.